The van der Waals surface area contributed by atoms with Crippen molar-refractivity contribution >= 4 is 8.32 Å². The van der Waals surface area contributed by atoms with Crippen LogP contribution in [0.1, 0.15) is 45.4 Å². The highest BCUT2D eigenvalue weighted by molar-refractivity contribution is 6.69. The largest absolute Gasteiger partial charge is 0.415 e. The van der Waals surface area contributed by atoms with E-state index < -0.39 is 8.32 Å². The highest BCUT2D eigenvalue weighted by Gasteiger charge is 2.12. The standard InChI is InChI=1S/C13H30O2Si/c1-5-6-7-8-9-10-11-14-12-13-15-16(2,3)4/h5-13H2,1-4H3. The molecular weight excluding hydrogens is 216 g/mol. The van der Waals surface area contributed by atoms with Gasteiger partial charge < -0.3 is 9.16 Å². The third-order valence-corrected chi connectivity index (χ3v) is 3.48. The first kappa shape index (κ1) is 16.1. The summed E-state index contributed by atoms with van der Waals surface area (Å²) in [4.78, 5) is 0. The average Bonchev–Trinajstić information content (AvgIpc) is 2.19. The monoisotopic (exact) mass is 246 g/mol. The van der Waals surface area contributed by atoms with E-state index in [0.717, 1.165) is 19.8 Å². The molecule has 0 amide bonds. The Hall–Kier alpha value is 0.137. The number of ether oxygens (including phenoxy) is 1. The zero-order valence-electron chi connectivity index (χ0n) is 11.7. The van der Waals surface area contributed by atoms with Gasteiger partial charge in [0, 0.05) is 6.61 Å². The second-order valence-electron chi connectivity index (χ2n) is 5.34. The molecule has 0 aromatic heterocycles. The summed E-state index contributed by atoms with van der Waals surface area (Å²) in [6.45, 7) is 11.3. The number of unbranched alkanes of at least 4 members (excludes halogenated alkanes) is 5. The first-order chi connectivity index (χ1) is 7.56. The zero-order valence-corrected chi connectivity index (χ0v) is 12.7. The lowest BCUT2D eigenvalue weighted by molar-refractivity contribution is 0.0949. The molecule has 0 rings (SSSR count). The molecule has 0 saturated carbocycles. The molecule has 0 aromatic carbocycles. The normalized spacial score (nSPS) is 12.0. The molecule has 0 fully saturated rings. The molecule has 0 bridgehead atoms. The third-order valence-electron chi connectivity index (χ3n) is 2.40. The van der Waals surface area contributed by atoms with Gasteiger partial charge in [0.2, 0.25) is 0 Å². The van der Waals surface area contributed by atoms with Crippen LogP contribution >= 0.6 is 0 Å². The van der Waals surface area contributed by atoms with Crippen LogP contribution in [0, 0.1) is 0 Å². The van der Waals surface area contributed by atoms with Gasteiger partial charge in [0.1, 0.15) is 0 Å². The van der Waals surface area contributed by atoms with Gasteiger partial charge in [-0.15, -0.1) is 0 Å². The molecule has 16 heavy (non-hydrogen) atoms. The van der Waals surface area contributed by atoms with Gasteiger partial charge in [-0.1, -0.05) is 39.0 Å². The van der Waals surface area contributed by atoms with Crippen LogP contribution in [0.2, 0.25) is 19.6 Å². The Balaban J connectivity index is 2.99. The molecule has 0 aromatic rings. The molecule has 0 unspecified atom stereocenters. The predicted molar refractivity (Wildman–Crippen MR) is 73.5 cm³/mol. The summed E-state index contributed by atoms with van der Waals surface area (Å²) < 4.78 is 11.2. The van der Waals surface area contributed by atoms with Gasteiger partial charge in [0.25, 0.3) is 0 Å². The van der Waals surface area contributed by atoms with Gasteiger partial charge in [0.05, 0.1) is 13.2 Å². The van der Waals surface area contributed by atoms with Crippen molar-refractivity contribution in [2.24, 2.45) is 0 Å². The van der Waals surface area contributed by atoms with E-state index in [0.29, 0.717) is 0 Å². The van der Waals surface area contributed by atoms with Gasteiger partial charge >= 0.3 is 0 Å². The summed E-state index contributed by atoms with van der Waals surface area (Å²) in [6, 6.07) is 0. The van der Waals surface area contributed by atoms with Crippen LogP contribution in [0.15, 0.2) is 0 Å². The third kappa shape index (κ3) is 14.1. The predicted octanol–water partition coefficient (Wildman–Crippen LogP) is 4.22. The highest BCUT2D eigenvalue weighted by Crippen LogP contribution is 2.05. The topological polar surface area (TPSA) is 18.5 Å². The summed E-state index contributed by atoms with van der Waals surface area (Å²) in [6.07, 6.45) is 7.97. The van der Waals surface area contributed by atoms with E-state index >= 15 is 0 Å². The smallest absolute Gasteiger partial charge is 0.183 e. The minimum atomic E-state index is -1.33. The molecule has 2 nitrogen and oxygen atoms in total. The van der Waals surface area contributed by atoms with E-state index in [1.807, 2.05) is 0 Å². The van der Waals surface area contributed by atoms with Crippen LogP contribution < -0.4 is 0 Å². The summed E-state index contributed by atoms with van der Waals surface area (Å²) in [7, 11) is -1.33. The number of rotatable bonds is 11. The van der Waals surface area contributed by atoms with Crippen LogP contribution in [0.25, 0.3) is 0 Å². The van der Waals surface area contributed by atoms with Gasteiger partial charge in [-0.05, 0) is 26.1 Å². The molecule has 0 spiro atoms. The Morgan fingerprint density at radius 3 is 2.00 bits per heavy atom. The van der Waals surface area contributed by atoms with E-state index in [-0.39, 0.29) is 0 Å². The second kappa shape index (κ2) is 10.3. The summed E-state index contributed by atoms with van der Waals surface area (Å²) in [5.41, 5.74) is 0. The maximum atomic E-state index is 5.70. The number of hydrogen-bond acceptors (Lipinski definition) is 2. The molecule has 0 aliphatic carbocycles. The molecule has 3 heteroatoms. The fraction of sp³-hybridized carbons (Fsp3) is 1.00. The molecule has 0 radical (unpaired) electrons. The molecule has 0 aliphatic heterocycles. The van der Waals surface area contributed by atoms with Crippen LogP contribution in [-0.2, 0) is 9.16 Å². The SMILES string of the molecule is CCCCCCCCOCCO[Si](C)(C)C. The molecule has 0 saturated heterocycles. The van der Waals surface area contributed by atoms with Crippen LogP contribution in [-0.4, -0.2) is 28.1 Å². The second-order valence-corrected chi connectivity index (χ2v) is 9.85. The van der Waals surface area contributed by atoms with E-state index in [4.69, 9.17) is 9.16 Å². The zero-order chi connectivity index (χ0) is 12.3. The van der Waals surface area contributed by atoms with Crippen molar-refractivity contribution in [2.75, 3.05) is 19.8 Å². The van der Waals surface area contributed by atoms with Gasteiger partial charge in [-0.2, -0.15) is 0 Å². The first-order valence-electron chi connectivity index (χ1n) is 6.78. The Morgan fingerprint density at radius 2 is 1.38 bits per heavy atom. The van der Waals surface area contributed by atoms with Crippen molar-refractivity contribution in [3.63, 3.8) is 0 Å². The van der Waals surface area contributed by atoms with Crippen molar-refractivity contribution in [3.05, 3.63) is 0 Å². The van der Waals surface area contributed by atoms with Crippen molar-refractivity contribution in [1.29, 1.82) is 0 Å². The maximum Gasteiger partial charge on any atom is 0.183 e. The fourth-order valence-corrected chi connectivity index (χ4v) is 2.19. The minimum absolute atomic E-state index is 0.763. The molecule has 0 aliphatic rings. The van der Waals surface area contributed by atoms with E-state index in [9.17, 15) is 0 Å². The Morgan fingerprint density at radius 1 is 0.750 bits per heavy atom. The fourth-order valence-electron chi connectivity index (χ4n) is 1.49. The average molecular weight is 246 g/mol. The summed E-state index contributed by atoms with van der Waals surface area (Å²) >= 11 is 0. The quantitative estimate of drug-likeness (QED) is 0.401. The lowest BCUT2D eigenvalue weighted by Gasteiger charge is -2.16. The molecule has 98 valence electrons. The van der Waals surface area contributed by atoms with Crippen LogP contribution in [0.4, 0.5) is 0 Å². The van der Waals surface area contributed by atoms with Crippen molar-refractivity contribution in [3.8, 4) is 0 Å². The first-order valence-corrected chi connectivity index (χ1v) is 10.2. The van der Waals surface area contributed by atoms with Crippen molar-refractivity contribution in [1.82, 2.24) is 0 Å². The van der Waals surface area contributed by atoms with Gasteiger partial charge in [0.15, 0.2) is 8.32 Å². The van der Waals surface area contributed by atoms with Crippen molar-refractivity contribution in [2.45, 2.75) is 65.1 Å². The van der Waals surface area contributed by atoms with Gasteiger partial charge in [-0.3, -0.25) is 0 Å². The van der Waals surface area contributed by atoms with Crippen LogP contribution in [0.5, 0.6) is 0 Å². The molecule has 0 N–H and O–H groups in total. The molecular formula is C13H30O2Si. The lowest BCUT2D eigenvalue weighted by atomic mass is 10.1. The maximum absolute atomic E-state index is 5.70. The molecule has 0 atom stereocenters. The number of hydrogen-bond donors (Lipinski definition) is 0. The van der Waals surface area contributed by atoms with E-state index in [2.05, 4.69) is 26.6 Å². The van der Waals surface area contributed by atoms with Gasteiger partial charge in [-0.25, -0.2) is 0 Å². The van der Waals surface area contributed by atoms with E-state index in [1.54, 1.807) is 0 Å². The highest BCUT2D eigenvalue weighted by atomic mass is 28.4. The Bertz CT molecular complexity index is 143. The molecule has 0 heterocycles. The summed E-state index contributed by atoms with van der Waals surface area (Å²) in [5, 5.41) is 0. The Kier molecular flexibility index (Phi) is 10.4. The lowest BCUT2D eigenvalue weighted by Crippen LogP contribution is -2.27. The van der Waals surface area contributed by atoms with Crippen molar-refractivity contribution < 1.29 is 9.16 Å². The Labute approximate surface area is 103 Å². The van der Waals surface area contributed by atoms with E-state index in [1.165, 1.54) is 38.5 Å². The minimum Gasteiger partial charge on any atom is -0.415 e. The van der Waals surface area contributed by atoms with Crippen LogP contribution in [0.3, 0.4) is 0 Å². The summed E-state index contributed by atoms with van der Waals surface area (Å²) in [5.74, 6) is 0.